The average Bonchev–Trinajstić information content (AvgIpc) is 2.42. The maximum atomic E-state index is 10.6. The van der Waals surface area contributed by atoms with Crippen molar-refractivity contribution in [2.45, 2.75) is 33.2 Å². The first-order chi connectivity index (χ1) is 8.94. The van der Waals surface area contributed by atoms with Crippen molar-refractivity contribution in [3.63, 3.8) is 0 Å². The molecule has 1 amide bonds. The van der Waals surface area contributed by atoms with Crippen LogP contribution in [0.2, 0.25) is 0 Å². The summed E-state index contributed by atoms with van der Waals surface area (Å²) in [4.78, 5) is 10.6. The summed E-state index contributed by atoms with van der Waals surface area (Å²) in [6.07, 6.45) is 1.00. The molecule has 2 N–H and O–H groups in total. The molecule has 0 aliphatic rings. The molecule has 116 valence electrons. The van der Waals surface area contributed by atoms with Gasteiger partial charge in [0.1, 0.15) is 0 Å². The van der Waals surface area contributed by atoms with Gasteiger partial charge in [-0.15, -0.1) is 12.1 Å². The summed E-state index contributed by atoms with van der Waals surface area (Å²) >= 11 is 0. The van der Waals surface area contributed by atoms with E-state index in [1.165, 1.54) is 5.56 Å². The fraction of sp³-hybridized carbons (Fsp3) is 0.438. The van der Waals surface area contributed by atoms with Gasteiger partial charge in [-0.3, -0.25) is 4.79 Å². The van der Waals surface area contributed by atoms with Crippen molar-refractivity contribution in [1.29, 1.82) is 0 Å². The Labute approximate surface area is 181 Å². The number of hydrogen-bond donors (Lipinski definition) is 2. The second kappa shape index (κ2) is 20.7. The third-order valence-electron chi connectivity index (χ3n) is 2.33. The Kier molecular flexibility index (Phi) is 29.3. The fourth-order valence-corrected chi connectivity index (χ4v) is 0.958. The van der Waals surface area contributed by atoms with Crippen LogP contribution in [0.25, 0.3) is 0 Å². The Morgan fingerprint density at radius 3 is 1.86 bits per heavy atom. The summed E-state index contributed by atoms with van der Waals surface area (Å²) in [5.41, 5.74) is 2.38. The largest absolute Gasteiger partial charge is 0.358 e. The van der Waals surface area contributed by atoms with Crippen molar-refractivity contribution in [3.05, 3.63) is 49.2 Å². The Balaban J connectivity index is -0.000000108. The normalized spacial score (nSPS) is 9.24. The number of aryl methyl sites for hydroxylation is 1. The van der Waals surface area contributed by atoms with E-state index in [0.29, 0.717) is 0 Å². The molecule has 3 nitrogen and oxygen atoms in total. The Hall–Kier alpha value is 0.728. The molecule has 0 bridgehead atoms. The molecule has 0 aromatic heterocycles. The van der Waals surface area contributed by atoms with Gasteiger partial charge in [0.25, 0.3) is 0 Å². The number of amides is 1. The van der Waals surface area contributed by atoms with Gasteiger partial charge in [0, 0.05) is 72.5 Å². The zero-order valence-corrected chi connectivity index (χ0v) is 19.7. The van der Waals surface area contributed by atoms with Crippen LogP contribution in [0.5, 0.6) is 0 Å². The average molecular weight is 442 g/mol. The SMILES string of the molecule is CNC(=O)C(C)NC.[CH2-]CC.[CH2-]c1ccccc1C.[Y].[Y]. The summed E-state index contributed by atoms with van der Waals surface area (Å²) in [5, 5.41) is 5.32. The predicted octanol–water partition coefficient (Wildman–Crippen LogP) is 2.74. The number of benzene rings is 1. The van der Waals surface area contributed by atoms with Gasteiger partial charge in [-0.2, -0.15) is 30.5 Å². The van der Waals surface area contributed by atoms with E-state index in [2.05, 4.69) is 37.5 Å². The second-order valence-corrected chi connectivity index (χ2v) is 4.05. The van der Waals surface area contributed by atoms with E-state index in [4.69, 9.17) is 0 Å². The molecule has 1 unspecified atom stereocenters. The topological polar surface area (TPSA) is 41.1 Å². The predicted molar refractivity (Wildman–Crippen MR) is 83.9 cm³/mol. The molecule has 0 fully saturated rings. The molecule has 0 aliphatic heterocycles. The molecule has 1 atom stereocenters. The number of rotatable bonds is 2. The Morgan fingerprint density at radius 2 is 1.67 bits per heavy atom. The zero-order valence-electron chi connectivity index (χ0n) is 14.1. The van der Waals surface area contributed by atoms with E-state index in [9.17, 15) is 4.79 Å². The number of carbonyl (C=O) groups is 1. The van der Waals surface area contributed by atoms with Gasteiger partial charge in [0.05, 0.1) is 6.04 Å². The van der Waals surface area contributed by atoms with Crippen molar-refractivity contribution in [1.82, 2.24) is 10.6 Å². The molecule has 0 saturated carbocycles. The molecular weight excluding hydrogens is 414 g/mol. The van der Waals surface area contributed by atoms with Crippen LogP contribution in [0.15, 0.2) is 24.3 Å². The van der Waals surface area contributed by atoms with Crippen LogP contribution in [0.4, 0.5) is 0 Å². The summed E-state index contributed by atoms with van der Waals surface area (Å²) in [6, 6.07) is 8.00. The molecule has 1 aromatic rings. The van der Waals surface area contributed by atoms with E-state index in [-0.39, 0.29) is 77.4 Å². The van der Waals surface area contributed by atoms with Gasteiger partial charge in [-0.05, 0) is 14.0 Å². The van der Waals surface area contributed by atoms with E-state index in [1.54, 1.807) is 21.0 Å². The summed E-state index contributed by atoms with van der Waals surface area (Å²) in [6.45, 7) is 13.2. The van der Waals surface area contributed by atoms with Crippen molar-refractivity contribution in [2.75, 3.05) is 14.1 Å². The molecule has 5 heteroatoms. The van der Waals surface area contributed by atoms with Crippen LogP contribution in [-0.2, 0) is 70.2 Å². The molecule has 1 rings (SSSR count). The van der Waals surface area contributed by atoms with Gasteiger partial charge < -0.3 is 17.6 Å². The Bertz CT molecular complexity index is 326. The van der Waals surface area contributed by atoms with Crippen molar-refractivity contribution >= 4 is 5.91 Å². The van der Waals surface area contributed by atoms with Gasteiger partial charge in [0.2, 0.25) is 5.91 Å². The molecule has 0 spiro atoms. The second-order valence-electron chi connectivity index (χ2n) is 4.05. The van der Waals surface area contributed by atoms with E-state index in [0.717, 1.165) is 12.0 Å². The molecular formula is C16H28N2OY2-2. The number of nitrogens with one attached hydrogen (secondary N) is 2. The number of likely N-dealkylation sites (N-methyl/N-ethyl adjacent to an activating group) is 2. The van der Waals surface area contributed by atoms with Gasteiger partial charge >= 0.3 is 0 Å². The minimum absolute atomic E-state index is 0. The minimum Gasteiger partial charge on any atom is -0.358 e. The number of hydrogen-bond acceptors (Lipinski definition) is 2. The van der Waals surface area contributed by atoms with Crippen molar-refractivity contribution < 1.29 is 70.2 Å². The van der Waals surface area contributed by atoms with E-state index < -0.39 is 0 Å². The number of carbonyl (C=O) groups excluding carboxylic acids is 1. The van der Waals surface area contributed by atoms with E-state index >= 15 is 0 Å². The third-order valence-corrected chi connectivity index (χ3v) is 2.33. The van der Waals surface area contributed by atoms with Crippen LogP contribution in [0.1, 0.15) is 31.4 Å². The van der Waals surface area contributed by atoms with Gasteiger partial charge in [-0.1, -0.05) is 19.9 Å². The smallest absolute Gasteiger partial charge is 0.236 e. The minimum atomic E-state index is -0.0833. The van der Waals surface area contributed by atoms with Crippen molar-refractivity contribution in [2.24, 2.45) is 0 Å². The summed E-state index contributed by atoms with van der Waals surface area (Å²) < 4.78 is 0. The summed E-state index contributed by atoms with van der Waals surface area (Å²) in [5.74, 6) is 0.0208. The van der Waals surface area contributed by atoms with Crippen LogP contribution in [-0.4, -0.2) is 26.0 Å². The zero-order chi connectivity index (χ0) is 15.3. The molecule has 1 aromatic carbocycles. The molecule has 2 radical (unpaired) electrons. The van der Waals surface area contributed by atoms with Crippen LogP contribution >= 0.6 is 0 Å². The van der Waals surface area contributed by atoms with E-state index in [1.807, 2.05) is 25.1 Å². The molecule has 21 heavy (non-hydrogen) atoms. The molecule has 0 aliphatic carbocycles. The molecule has 0 heterocycles. The fourth-order valence-electron chi connectivity index (χ4n) is 0.958. The maximum Gasteiger partial charge on any atom is 0.236 e. The first-order valence-electron chi connectivity index (χ1n) is 6.50. The maximum absolute atomic E-state index is 10.6. The van der Waals surface area contributed by atoms with Crippen LogP contribution in [0.3, 0.4) is 0 Å². The Morgan fingerprint density at radius 1 is 1.24 bits per heavy atom. The monoisotopic (exact) mass is 442 g/mol. The molecule has 0 saturated heterocycles. The first-order valence-corrected chi connectivity index (χ1v) is 6.50. The van der Waals surface area contributed by atoms with Gasteiger partial charge in [-0.25, -0.2) is 0 Å². The van der Waals surface area contributed by atoms with Crippen molar-refractivity contribution in [3.8, 4) is 0 Å². The first kappa shape index (κ1) is 29.7. The van der Waals surface area contributed by atoms with Crippen LogP contribution in [0, 0.1) is 20.8 Å². The van der Waals surface area contributed by atoms with Gasteiger partial charge in [0.15, 0.2) is 0 Å². The van der Waals surface area contributed by atoms with Crippen LogP contribution < -0.4 is 10.6 Å². The third kappa shape index (κ3) is 18.7. The summed E-state index contributed by atoms with van der Waals surface area (Å²) in [7, 11) is 3.37. The quantitative estimate of drug-likeness (QED) is 0.692. The standard InChI is InChI=1S/C8H9.C5H12N2O.C3H7.2Y/c1-7-5-3-4-6-8(7)2;1-4(6-2)5(8)7-3;1-3-2;;/h3-6H,1H2,2H3;4,6H,1-3H3,(H,7,8);1,3H2,2H3;;/q-1;;-1;;.